The first-order valence-corrected chi connectivity index (χ1v) is 6.92. The van der Waals surface area contributed by atoms with Crippen molar-refractivity contribution in [3.8, 4) is 0 Å². The zero-order valence-corrected chi connectivity index (χ0v) is 11.7. The molecule has 1 unspecified atom stereocenters. The number of hydrogen-bond donors (Lipinski definition) is 1. The average Bonchev–Trinajstić information content (AvgIpc) is 2.80. The number of carbonyl (C=O) groups excluding carboxylic acids is 1. The van der Waals surface area contributed by atoms with Crippen LogP contribution in [0.1, 0.15) is 23.0 Å². The van der Waals surface area contributed by atoms with Crippen molar-refractivity contribution >= 4 is 27.3 Å². The van der Waals surface area contributed by atoms with Crippen molar-refractivity contribution in [1.82, 2.24) is 4.90 Å². The number of hydrogen-bond acceptors (Lipinski definition) is 3. The number of rotatable bonds is 4. The summed E-state index contributed by atoms with van der Waals surface area (Å²) >= 11 is 1.29. The van der Waals surface area contributed by atoms with E-state index in [1.165, 1.54) is 17.4 Å². The van der Waals surface area contributed by atoms with Crippen LogP contribution in [0.4, 0.5) is 4.39 Å². The topological polar surface area (TPSA) is 40.5 Å². The molecule has 1 heterocycles. The van der Waals surface area contributed by atoms with Crippen LogP contribution in [0.15, 0.2) is 24.3 Å². The number of thiophene rings is 1. The minimum absolute atomic E-state index is 0.138. The normalized spacial score (nSPS) is 12.6. The fraction of sp³-hybridized carbons (Fsp3) is 0.357. The van der Waals surface area contributed by atoms with E-state index in [1.807, 2.05) is 0 Å². The van der Waals surface area contributed by atoms with Crippen LogP contribution >= 0.6 is 11.3 Å². The van der Waals surface area contributed by atoms with E-state index in [9.17, 15) is 14.3 Å². The number of aliphatic hydroxyl groups is 1. The third-order valence-electron chi connectivity index (χ3n) is 2.95. The maximum Gasteiger partial charge on any atom is 0.263 e. The van der Waals surface area contributed by atoms with Gasteiger partial charge in [0.25, 0.3) is 5.91 Å². The smallest absolute Gasteiger partial charge is 0.263 e. The van der Waals surface area contributed by atoms with E-state index in [0.29, 0.717) is 23.2 Å². The molecule has 1 aromatic carbocycles. The highest BCUT2D eigenvalue weighted by Gasteiger charge is 2.16. The van der Waals surface area contributed by atoms with Crippen molar-refractivity contribution in [1.29, 1.82) is 0 Å². The summed E-state index contributed by atoms with van der Waals surface area (Å²) in [4.78, 5) is 14.2. The van der Waals surface area contributed by atoms with Crippen LogP contribution in [0, 0.1) is 5.82 Å². The van der Waals surface area contributed by atoms with E-state index in [-0.39, 0.29) is 11.7 Å². The van der Waals surface area contributed by atoms with Gasteiger partial charge in [0.1, 0.15) is 5.82 Å². The molecule has 0 spiro atoms. The second kappa shape index (κ2) is 5.67. The second-order valence-corrected chi connectivity index (χ2v) is 5.71. The van der Waals surface area contributed by atoms with E-state index in [1.54, 1.807) is 37.1 Å². The summed E-state index contributed by atoms with van der Waals surface area (Å²) in [6, 6.07) is 6.42. The molecule has 0 aliphatic rings. The molecule has 1 N–H and O–H groups in total. The molecule has 0 saturated heterocycles. The molecule has 1 atom stereocenters. The van der Waals surface area contributed by atoms with Gasteiger partial charge in [-0.3, -0.25) is 4.79 Å². The van der Waals surface area contributed by atoms with Gasteiger partial charge in [-0.05, 0) is 31.5 Å². The van der Waals surface area contributed by atoms with Crippen LogP contribution < -0.4 is 0 Å². The summed E-state index contributed by atoms with van der Waals surface area (Å²) in [5.74, 6) is -0.444. The zero-order valence-electron chi connectivity index (χ0n) is 10.9. The standard InChI is InChI=1S/C14H16FNO2S/c1-9(17)6-7-16(2)14(18)13-8-10-11(15)4-3-5-12(10)19-13/h3-5,8-9,17H,6-7H2,1-2H3. The van der Waals surface area contributed by atoms with Gasteiger partial charge < -0.3 is 10.0 Å². The average molecular weight is 281 g/mol. The van der Waals surface area contributed by atoms with Gasteiger partial charge in [0.2, 0.25) is 0 Å². The SMILES string of the molecule is CC(O)CCN(C)C(=O)c1cc2c(F)cccc2s1. The molecular weight excluding hydrogens is 265 g/mol. The number of amides is 1. The Balaban J connectivity index is 2.19. The number of carbonyl (C=O) groups is 1. The molecule has 0 bridgehead atoms. The lowest BCUT2D eigenvalue weighted by Crippen LogP contribution is -2.28. The minimum Gasteiger partial charge on any atom is -0.393 e. The Bertz CT molecular complexity index is 594. The summed E-state index contributed by atoms with van der Waals surface area (Å²) in [5, 5.41) is 9.71. The predicted molar refractivity (Wildman–Crippen MR) is 75.0 cm³/mol. The van der Waals surface area contributed by atoms with Gasteiger partial charge in [0.05, 0.1) is 11.0 Å². The Morgan fingerprint density at radius 1 is 1.53 bits per heavy atom. The lowest BCUT2D eigenvalue weighted by molar-refractivity contribution is 0.0774. The molecule has 0 fully saturated rings. The van der Waals surface area contributed by atoms with Gasteiger partial charge in [-0.15, -0.1) is 11.3 Å². The second-order valence-electron chi connectivity index (χ2n) is 4.63. The summed E-state index contributed by atoms with van der Waals surface area (Å²) < 4.78 is 14.3. The Morgan fingerprint density at radius 2 is 2.26 bits per heavy atom. The molecular formula is C14H16FNO2S. The first-order chi connectivity index (χ1) is 8.99. The fourth-order valence-electron chi connectivity index (χ4n) is 1.80. The van der Waals surface area contributed by atoms with Crippen molar-refractivity contribution in [3.05, 3.63) is 35.0 Å². The van der Waals surface area contributed by atoms with Gasteiger partial charge in [0.15, 0.2) is 0 Å². The van der Waals surface area contributed by atoms with Crippen LogP contribution in [0.5, 0.6) is 0 Å². The van der Waals surface area contributed by atoms with E-state index < -0.39 is 6.10 Å². The van der Waals surface area contributed by atoms with Crippen molar-refractivity contribution in [2.45, 2.75) is 19.4 Å². The van der Waals surface area contributed by atoms with Crippen LogP contribution in [0.2, 0.25) is 0 Å². The number of fused-ring (bicyclic) bond motifs is 1. The molecule has 19 heavy (non-hydrogen) atoms. The lowest BCUT2D eigenvalue weighted by Gasteiger charge is -2.16. The summed E-state index contributed by atoms with van der Waals surface area (Å²) in [5.41, 5.74) is 0. The number of aliphatic hydroxyl groups excluding tert-OH is 1. The highest BCUT2D eigenvalue weighted by molar-refractivity contribution is 7.20. The minimum atomic E-state index is -0.435. The molecule has 2 aromatic rings. The molecule has 5 heteroatoms. The van der Waals surface area contributed by atoms with Crippen molar-refractivity contribution in [3.63, 3.8) is 0 Å². The van der Waals surface area contributed by atoms with Crippen LogP contribution in [-0.2, 0) is 0 Å². The largest absolute Gasteiger partial charge is 0.393 e. The third-order valence-corrected chi connectivity index (χ3v) is 4.04. The predicted octanol–water partition coefficient (Wildman–Crippen LogP) is 2.88. The Hall–Kier alpha value is -1.46. The van der Waals surface area contributed by atoms with Crippen LogP contribution in [-0.4, -0.2) is 35.6 Å². The third kappa shape index (κ3) is 3.11. The summed E-state index contributed by atoms with van der Waals surface area (Å²) in [7, 11) is 1.69. The molecule has 3 nitrogen and oxygen atoms in total. The fourth-order valence-corrected chi connectivity index (χ4v) is 2.87. The molecule has 0 aliphatic carbocycles. The first-order valence-electron chi connectivity index (χ1n) is 6.10. The van der Waals surface area contributed by atoms with E-state index in [2.05, 4.69) is 0 Å². The van der Waals surface area contributed by atoms with E-state index in [0.717, 1.165) is 4.70 Å². The highest BCUT2D eigenvalue weighted by atomic mass is 32.1. The van der Waals surface area contributed by atoms with Crippen molar-refractivity contribution in [2.24, 2.45) is 0 Å². The molecule has 102 valence electrons. The zero-order chi connectivity index (χ0) is 14.0. The highest BCUT2D eigenvalue weighted by Crippen LogP contribution is 2.28. The van der Waals surface area contributed by atoms with Gasteiger partial charge in [-0.2, -0.15) is 0 Å². The van der Waals surface area contributed by atoms with E-state index >= 15 is 0 Å². The quantitative estimate of drug-likeness (QED) is 0.936. The monoisotopic (exact) mass is 281 g/mol. The molecule has 1 amide bonds. The van der Waals surface area contributed by atoms with Crippen LogP contribution in [0.3, 0.4) is 0 Å². The molecule has 0 radical (unpaired) electrons. The Labute approximate surface area is 115 Å². The van der Waals surface area contributed by atoms with Gasteiger partial charge in [0, 0.05) is 23.7 Å². The molecule has 0 saturated carbocycles. The van der Waals surface area contributed by atoms with Gasteiger partial charge in [-0.25, -0.2) is 4.39 Å². The van der Waals surface area contributed by atoms with Crippen LogP contribution in [0.25, 0.3) is 10.1 Å². The van der Waals surface area contributed by atoms with Crippen molar-refractivity contribution in [2.75, 3.05) is 13.6 Å². The Kier molecular flexibility index (Phi) is 4.17. The first kappa shape index (κ1) is 14.0. The molecule has 1 aromatic heterocycles. The van der Waals surface area contributed by atoms with Gasteiger partial charge in [-0.1, -0.05) is 6.07 Å². The van der Waals surface area contributed by atoms with Crippen molar-refractivity contribution < 1.29 is 14.3 Å². The van der Waals surface area contributed by atoms with Gasteiger partial charge >= 0.3 is 0 Å². The number of halogens is 1. The maximum atomic E-state index is 13.6. The Morgan fingerprint density at radius 3 is 2.89 bits per heavy atom. The molecule has 2 rings (SSSR count). The lowest BCUT2D eigenvalue weighted by atomic mass is 10.2. The molecule has 0 aliphatic heterocycles. The van der Waals surface area contributed by atoms with E-state index in [4.69, 9.17) is 0 Å². The number of benzene rings is 1. The maximum absolute atomic E-state index is 13.6. The number of nitrogens with zero attached hydrogens (tertiary/aromatic N) is 1. The summed E-state index contributed by atoms with van der Waals surface area (Å²) in [6.07, 6.45) is 0.0942. The summed E-state index contributed by atoms with van der Waals surface area (Å²) in [6.45, 7) is 2.17.